The van der Waals surface area contributed by atoms with Crippen LogP contribution in [0.15, 0.2) is 18.5 Å². The third-order valence-electron chi connectivity index (χ3n) is 2.39. The first-order valence-electron chi connectivity index (χ1n) is 5.69. The Balaban J connectivity index is 2.42. The summed E-state index contributed by atoms with van der Waals surface area (Å²) >= 11 is 2.18. The molecule has 9 heteroatoms. The van der Waals surface area contributed by atoms with Crippen LogP contribution < -0.4 is 4.74 Å². The Labute approximate surface area is 130 Å². The molecular weight excluding hydrogens is 394 g/mol. The van der Waals surface area contributed by atoms with E-state index in [9.17, 15) is 4.79 Å². The third kappa shape index (κ3) is 3.24. The summed E-state index contributed by atoms with van der Waals surface area (Å²) in [6, 6.07) is 3.35. The molecule has 0 bridgehead atoms. The first kappa shape index (κ1) is 15.1. The minimum absolute atomic E-state index is 0.267. The number of carbonyl (C=O) groups is 1. The van der Waals surface area contributed by atoms with E-state index in [1.165, 1.54) is 13.4 Å². The van der Waals surface area contributed by atoms with Gasteiger partial charge >= 0.3 is 5.97 Å². The van der Waals surface area contributed by atoms with Gasteiger partial charge in [-0.3, -0.25) is 0 Å². The van der Waals surface area contributed by atoms with E-state index in [1.54, 1.807) is 23.5 Å². The van der Waals surface area contributed by atoms with Crippen molar-refractivity contribution >= 4 is 34.4 Å². The molecule has 0 amide bonds. The molecule has 20 heavy (non-hydrogen) atoms. The van der Waals surface area contributed by atoms with Gasteiger partial charge in [0.2, 0.25) is 5.88 Å². The summed E-state index contributed by atoms with van der Waals surface area (Å²) in [7, 11) is 1.54. The van der Waals surface area contributed by atoms with Gasteiger partial charge in [-0.1, -0.05) is 0 Å². The lowest BCUT2D eigenvalue weighted by atomic mass is 10.2. The average molecular weight is 406 g/mol. The number of rotatable bonds is 5. The first-order chi connectivity index (χ1) is 9.69. The zero-order chi connectivity index (χ0) is 14.5. The van der Waals surface area contributed by atoms with Crippen LogP contribution in [0, 0.1) is 0 Å². The summed E-state index contributed by atoms with van der Waals surface area (Å²) in [6.07, 6.45) is 1.74. The van der Waals surface area contributed by atoms with Gasteiger partial charge in [-0.2, -0.15) is 5.10 Å². The lowest BCUT2D eigenvalue weighted by Crippen LogP contribution is -2.05. The van der Waals surface area contributed by atoms with Gasteiger partial charge in [-0.05, 0) is 29.0 Å². The fourth-order valence-corrected chi connectivity index (χ4v) is 3.04. The quantitative estimate of drug-likeness (QED) is 0.431. The molecule has 2 heterocycles. The summed E-state index contributed by atoms with van der Waals surface area (Å²) in [5.74, 6) is 0.0143. The van der Waals surface area contributed by atoms with Crippen LogP contribution in [0.1, 0.15) is 17.4 Å². The summed E-state index contributed by atoms with van der Waals surface area (Å²) in [5.41, 5.74) is 1.63. The summed E-state index contributed by atoms with van der Waals surface area (Å²) < 4.78 is 11.7. The van der Waals surface area contributed by atoms with Gasteiger partial charge in [0.25, 0.3) is 0 Å². The van der Waals surface area contributed by atoms with Crippen molar-refractivity contribution < 1.29 is 14.3 Å². The molecule has 2 rings (SSSR count). The van der Waals surface area contributed by atoms with E-state index in [4.69, 9.17) is 9.47 Å². The van der Waals surface area contributed by atoms with E-state index < -0.39 is 5.97 Å². The van der Waals surface area contributed by atoms with E-state index in [-0.39, 0.29) is 5.69 Å². The topological polar surface area (TPSA) is 79.1 Å². The molecule has 1 atom stereocenters. The molecule has 2 aromatic rings. The molecule has 0 radical (unpaired) electrons. The van der Waals surface area contributed by atoms with Crippen LogP contribution in [0.3, 0.4) is 0 Å². The zero-order valence-electron chi connectivity index (χ0n) is 10.8. The standard InChI is InChI=1S/C11H12IN4O3P/c1-3-19-11(17)8-4-9(16(15-8)20-12)7-5-10(18-2)14-6-13-7/h4-6,20H,3H2,1-2H3. The molecule has 0 N–H and O–H groups in total. The van der Waals surface area contributed by atoms with Crippen molar-refractivity contribution in [1.82, 2.24) is 19.5 Å². The van der Waals surface area contributed by atoms with Crippen molar-refractivity contribution in [2.75, 3.05) is 13.7 Å². The number of hydrogen-bond donors (Lipinski definition) is 0. The minimum Gasteiger partial charge on any atom is -0.481 e. The highest BCUT2D eigenvalue weighted by atomic mass is 127. The normalized spacial score (nSPS) is 10.9. The lowest BCUT2D eigenvalue weighted by molar-refractivity contribution is 0.0519. The Hall–Kier alpha value is -1.28. The van der Waals surface area contributed by atoms with Gasteiger partial charge in [0.1, 0.15) is 6.33 Å². The summed E-state index contributed by atoms with van der Waals surface area (Å²) in [4.78, 5) is 19.9. The second kappa shape index (κ2) is 6.94. The number of aromatic nitrogens is 4. The molecule has 0 aliphatic carbocycles. The molecule has 0 aliphatic rings. The molecule has 0 fully saturated rings. The van der Waals surface area contributed by atoms with Gasteiger partial charge in [0.05, 0.1) is 31.5 Å². The van der Waals surface area contributed by atoms with Gasteiger partial charge in [-0.15, -0.1) is 0 Å². The molecule has 0 spiro atoms. The van der Waals surface area contributed by atoms with E-state index in [0.29, 0.717) is 24.6 Å². The number of carbonyl (C=O) groups excluding carboxylic acids is 1. The smallest absolute Gasteiger partial charge is 0.358 e. The maximum absolute atomic E-state index is 11.7. The van der Waals surface area contributed by atoms with Crippen LogP contribution in [-0.2, 0) is 4.74 Å². The molecule has 1 unspecified atom stereocenters. The van der Waals surface area contributed by atoms with Crippen molar-refractivity contribution in [3.8, 4) is 17.3 Å². The van der Waals surface area contributed by atoms with Crippen LogP contribution in [0.4, 0.5) is 0 Å². The van der Waals surface area contributed by atoms with Crippen molar-refractivity contribution in [2.45, 2.75) is 6.92 Å². The lowest BCUT2D eigenvalue weighted by Gasteiger charge is -2.03. The second-order valence-electron chi connectivity index (χ2n) is 3.58. The van der Waals surface area contributed by atoms with Gasteiger partial charge in [0.15, 0.2) is 5.69 Å². The maximum atomic E-state index is 11.7. The summed E-state index contributed by atoms with van der Waals surface area (Å²) in [6.45, 7) is 2.07. The zero-order valence-corrected chi connectivity index (χ0v) is 14.0. The number of nitrogens with zero attached hydrogens (tertiary/aromatic N) is 4. The van der Waals surface area contributed by atoms with Crippen LogP contribution in [0.2, 0.25) is 0 Å². The highest BCUT2D eigenvalue weighted by molar-refractivity contribution is 14.2. The second-order valence-corrected chi connectivity index (χ2v) is 5.62. The maximum Gasteiger partial charge on any atom is 0.358 e. The first-order valence-corrected chi connectivity index (χ1v) is 9.76. The molecule has 106 valence electrons. The third-order valence-corrected chi connectivity index (χ3v) is 4.26. The van der Waals surface area contributed by atoms with Gasteiger partial charge in [0, 0.05) is 12.1 Å². The number of ether oxygens (including phenoxy) is 2. The van der Waals surface area contributed by atoms with Crippen LogP contribution >= 0.6 is 28.4 Å². The molecule has 0 aromatic carbocycles. The van der Waals surface area contributed by atoms with E-state index >= 15 is 0 Å². The predicted octanol–water partition coefficient (Wildman–Crippen LogP) is 2.32. The van der Waals surface area contributed by atoms with Gasteiger partial charge in [-0.25, -0.2) is 19.2 Å². The fraction of sp³-hybridized carbons (Fsp3) is 0.273. The number of methoxy groups -OCH3 is 1. The van der Waals surface area contributed by atoms with Crippen molar-refractivity contribution in [2.24, 2.45) is 0 Å². The summed E-state index contributed by atoms with van der Waals surface area (Å²) in [5, 5.41) is 4.22. The Bertz CT molecular complexity index is 619. The fourth-order valence-electron chi connectivity index (χ4n) is 1.52. The Kier molecular flexibility index (Phi) is 5.24. The molecule has 0 saturated carbocycles. The number of halogens is 1. The Morgan fingerprint density at radius 3 is 2.90 bits per heavy atom. The van der Waals surface area contributed by atoms with Crippen LogP contribution in [0.5, 0.6) is 5.88 Å². The Morgan fingerprint density at radius 1 is 1.45 bits per heavy atom. The van der Waals surface area contributed by atoms with Crippen molar-refractivity contribution in [3.05, 3.63) is 24.2 Å². The highest BCUT2D eigenvalue weighted by Gasteiger charge is 2.17. The van der Waals surface area contributed by atoms with E-state index in [2.05, 4.69) is 37.1 Å². The average Bonchev–Trinajstić information content (AvgIpc) is 2.92. The van der Waals surface area contributed by atoms with E-state index in [1.807, 2.05) is 0 Å². The van der Waals surface area contributed by atoms with Crippen molar-refractivity contribution in [3.63, 3.8) is 0 Å². The predicted molar refractivity (Wildman–Crippen MR) is 83.5 cm³/mol. The van der Waals surface area contributed by atoms with E-state index in [0.717, 1.165) is 5.69 Å². The van der Waals surface area contributed by atoms with Gasteiger partial charge < -0.3 is 9.47 Å². The Morgan fingerprint density at radius 2 is 2.25 bits per heavy atom. The molecular formula is C11H12IN4O3P. The number of esters is 1. The number of hydrogen-bond acceptors (Lipinski definition) is 6. The van der Waals surface area contributed by atoms with Crippen LogP contribution in [0.25, 0.3) is 11.4 Å². The molecule has 0 saturated heterocycles. The van der Waals surface area contributed by atoms with Crippen molar-refractivity contribution in [1.29, 1.82) is 0 Å². The largest absolute Gasteiger partial charge is 0.481 e. The molecule has 0 aliphatic heterocycles. The monoisotopic (exact) mass is 406 g/mol. The molecule has 2 aromatic heterocycles. The minimum atomic E-state index is -0.442. The SMILES string of the molecule is CCOC(=O)c1cc(-c2cc(OC)ncn2)n(PI)n1. The van der Waals surface area contributed by atoms with Crippen LogP contribution in [-0.4, -0.2) is 39.2 Å². The molecule has 7 nitrogen and oxygen atoms in total. The highest BCUT2D eigenvalue weighted by Crippen LogP contribution is 2.31.